The van der Waals surface area contributed by atoms with Crippen LogP contribution in [0.4, 0.5) is 5.69 Å². The molecule has 3 aromatic rings. The van der Waals surface area contributed by atoms with E-state index in [-0.39, 0.29) is 5.91 Å². The van der Waals surface area contributed by atoms with Crippen LogP contribution in [0, 0.1) is 6.92 Å². The van der Waals surface area contributed by atoms with E-state index in [0.717, 1.165) is 16.9 Å². The largest absolute Gasteiger partial charge is 0.495 e. The van der Waals surface area contributed by atoms with Crippen LogP contribution in [0.3, 0.4) is 0 Å². The summed E-state index contributed by atoms with van der Waals surface area (Å²) in [5.41, 5.74) is 3.29. The molecule has 0 radical (unpaired) electrons. The van der Waals surface area contributed by atoms with Gasteiger partial charge in [-0.3, -0.25) is 4.79 Å². The second kappa shape index (κ2) is 8.21. The van der Waals surface area contributed by atoms with Gasteiger partial charge in [0.25, 0.3) is 5.91 Å². The Morgan fingerprint density at radius 1 is 0.962 bits per heavy atom. The van der Waals surface area contributed by atoms with E-state index in [1.54, 1.807) is 19.2 Å². The SMILES string of the molecule is COc1ccc(C)cc1NC(=O)c1ccc(COc2ccccc2)cc1. The summed E-state index contributed by atoms with van der Waals surface area (Å²) in [5.74, 6) is 1.28. The zero-order valence-corrected chi connectivity index (χ0v) is 14.9. The molecule has 1 N–H and O–H groups in total. The molecule has 0 unspecified atom stereocenters. The van der Waals surface area contributed by atoms with Crippen molar-refractivity contribution in [3.8, 4) is 11.5 Å². The fourth-order valence-corrected chi connectivity index (χ4v) is 2.55. The number of carbonyl (C=O) groups is 1. The maximum atomic E-state index is 12.5. The molecule has 0 fully saturated rings. The number of hydrogen-bond acceptors (Lipinski definition) is 3. The summed E-state index contributed by atoms with van der Waals surface area (Å²) in [5, 5.41) is 2.90. The molecule has 0 aliphatic rings. The van der Waals surface area contributed by atoms with E-state index >= 15 is 0 Å². The number of carbonyl (C=O) groups excluding carboxylic acids is 1. The number of hydrogen-bond donors (Lipinski definition) is 1. The minimum atomic E-state index is -0.176. The highest BCUT2D eigenvalue weighted by Crippen LogP contribution is 2.25. The minimum absolute atomic E-state index is 0.176. The predicted octanol–water partition coefficient (Wildman–Crippen LogP) is 4.83. The van der Waals surface area contributed by atoms with Crippen molar-refractivity contribution in [1.82, 2.24) is 0 Å². The molecular weight excluding hydrogens is 326 g/mol. The van der Waals surface area contributed by atoms with Crippen LogP contribution in [0.1, 0.15) is 21.5 Å². The Morgan fingerprint density at radius 2 is 1.69 bits per heavy atom. The van der Waals surface area contributed by atoms with Crippen LogP contribution in [0.15, 0.2) is 72.8 Å². The number of anilines is 1. The highest BCUT2D eigenvalue weighted by molar-refractivity contribution is 6.05. The van der Waals surface area contributed by atoms with E-state index in [1.165, 1.54) is 0 Å². The van der Waals surface area contributed by atoms with E-state index in [9.17, 15) is 4.79 Å². The Balaban J connectivity index is 1.64. The minimum Gasteiger partial charge on any atom is -0.495 e. The van der Waals surface area contributed by atoms with Gasteiger partial charge in [0.2, 0.25) is 0 Å². The fourth-order valence-electron chi connectivity index (χ4n) is 2.55. The van der Waals surface area contributed by atoms with Crippen molar-refractivity contribution < 1.29 is 14.3 Å². The van der Waals surface area contributed by atoms with Gasteiger partial charge in [0.1, 0.15) is 18.1 Å². The maximum absolute atomic E-state index is 12.5. The Morgan fingerprint density at radius 3 is 2.38 bits per heavy atom. The Labute approximate surface area is 153 Å². The monoisotopic (exact) mass is 347 g/mol. The molecule has 0 saturated carbocycles. The molecule has 0 spiro atoms. The Hall–Kier alpha value is -3.27. The van der Waals surface area contributed by atoms with Crippen LogP contribution in [-0.2, 0) is 6.61 Å². The first-order valence-electron chi connectivity index (χ1n) is 8.38. The van der Waals surface area contributed by atoms with Gasteiger partial charge in [-0.1, -0.05) is 36.4 Å². The lowest BCUT2D eigenvalue weighted by atomic mass is 10.1. The van der Waals surface area contributed by atoms with Gasteiger partial charge >= 0.3 is 0 Å². The highest BCUT2D eigenvalue weighted by atomic mass is 16.5. The zero-order valence-electron chi connectivity index (χ0n) is 14.9. The van der Waals surface area contributed by atoms with Gasteiger partial charge in [-0.15, -0.1) is 0 Å². The maximum Gasteiger partial charge on any atom is 0.255 e. The first-order chi connectivity index (χ1) is 12.7. The summed E-state index contributed by atoms with van der Waals surface area (Å²) in [6.07, 6.45) is 0. The van der Waals surface area contributed by atoms with E-state index in [1.807, 2.05) is 67.6 Å². The summed E-state index contributed by atoms with van der Waals surface area (Å²) >= 11 is 0. The molecule has 0 atom stereocenters. The van der Waals surface area contributed by atoms with E-state index in [2.05, 4.69) is 5.32 Å². The molecule has 132 valence electrons. The fraction of sp³-hybridized carbons (Fsp3) is 0.136. The molecule has 0 aliphatic heterocycles. The topological polar surface area (TPSA) is 47.6 Å². The molecule has 1 amide bonds. The second-order valence-electron chi connectivity index (χ2n) is 5.96. The number of benzene rings is 3. The van der Waals surface area contributed by atoms with E-state index < -0.39 is 0 Å². The number of aryl methyl sites for hydroxylation is 1. The lowest BCUT2D eigenvalue weighted by Crippen LogP contribution is -2.13. The van der Waals surface area contributed by atoms with E-state index in [4.69, 9.17) is 9.47 Å². The number of nitrogens with one attached hydrogen (secondary N) is 1. The summed E-state index contributed by atoms with van der Waals surface area (Å²) in [4.78, 5) is 12.5. The molecule has 0 aromatic heterocycles. The van der Waals surface area contributed by atoms with Gasteiger partial charge in [0, 0.05) is 5.56 Å². The van der Waals surface area contributed by atoms with Crippen molar-refractivity contribution in [3.05, 3.63) is 89.5 Å². The van der Waals surface area contributed by atoms with Crippen molar-refractivity contribution in [2.45, 2.75) is 13.5 Å². The summed E-state index contributed by atoms with van der Waals surface area (Å²) in [7, 11) is 1.59. The van der Waals surface area contributed by atoms with Gasteiger partial charge in [0.05, 0.1) is 12.8 Å². The molecule has 0 aliphatic carbocycles. The van der Waals surface area contributed by atoms with Crippen molar-refractivity contribution in [2.75, 3.05) is 12.4 Å². The highest BCUT2D eigenvalue weighted by Gasteiger charge is 2.10. The van der Waals surface area contributed by atoms with Crippen LogP contribution in [0.2, 0.25) is 0 Å². The Kier molecular flexibility index (Phi) is 5.54. The van der Waals surface area contributed by atoms with Crippen LogP contribution in [0.25, 0.3) is 0 Å². The molecule has 0 bridgehead atoms. The first-order valence-corrected chi connectivity index (χ1v) is 8.38. The quantitative estimate of drug-likeness (QED) is 0.694. The third-order valence-electron chi connectivity index (χ3n) is 3.97. The molecule has 4 nitrogen and oxygen atoms in total. The average Bonchev–Trinajstić information content (AvgIpc) is 2.68. The van der Waals surface area contributed by atoms with Gasteiger partial charge < -0.3 is 14.8 Å². The van der Waals surface area contributed by atoms with Gasteiger partial charge in [-0.2, -0.15) is 0 Å². The molecule has 26 heavy (non-hydrogen) atoms. The standard InChI is InChI=1S/C22H21NO3/c1-16-8-13-21(25-2)20(14-16)23-22(24)18-11-9-17(10-12-18)15-26-19-6-4-3-5-7-19/h3-14H,15H2,1-2H3,(H,23,24). The third-order valence-corrected chi connectivity index (χ3v) is 3.97. The zero-order chi connectivity index (χ0) is 18.4. The van der Waals surface area contributed by atoms with Crippen LogP contribution in [-0.4, -0.2) is 13.0 Å². The lowest BCUT2D eigenvalue weighted by Gasteiger charge is -2.11. The van der Waals surface area contributed by atoms with Gasteiger partial charge in [-0.25, -0.2) is 0 Å². The van der Waals surface area contributed by atoms with Crippen LogP contribution in [0.5, 0.6) is 11.5 Å². The number of para-hydroxylation sites is 1. The second-order valence-corrected chi connectivity index (χ2v) is 5.96. The third kappa shape index (κ3) is 4.42. The van der Waals surface area contributed by atoms with Crippen molar-refractivity contribution in [1.29, 1.82) is 0 Å². The summed E-state index contributed by atoms with van der Waals surface area (Å²) < 4.78 is 11.0. The normalized spacial score (nSPS) is 10.2. The van der Waals surface area contributed by atoms with Crippen LogP contribution < -0.4 is 14.8 Å². The molecular formula is C22H21NO3. The summed E-state index contributed by atoms with van der Waals surface area (Å²) in [6, 6.07) is 22.7. The average molecular weight is 347 g/mol. The molecule has 3 aromatic carbocycles. The molecule has 0 heterocycles. The molecule has 0 saturated heterocycles. The lowest BCUT2D eigenvalue weighted by molar-refractivity contribution is 0.102. The van der Waals surface area contributed by atoms with E-state index in [0.29, 0.717) is 23.6 Å². The van der Waals surface area contributed by atoms with Crippen molar-refractivity contribution >= 4 is 11.6 Å². The van der Waals surface area contributed by atoms with Crippen LogP contribution >= 0.6 is 0 Å². The number of amides is 1. The molecule has 3 rings (SSSR count). The number of ether oxygens (including phenoxy) is 2. The van der Waals surface area contributed by atoms with Crippen molar-refractivity contribution in [2.24, 2.45) is 0 Å². The van der Waals surface area contributed by atoms with Gasteiger partial charge in [-0.05, 0) is 54.4 Å². The van der Waals surface area contributed by atoms with Gasteiger partial charge in [0.15, 0.2) is 0 Å². The Bertz CT molecular complexity index is 874. The van der Waals surface area contributed by atoms with Crippen molar-refractivity contribution in [3.63, 3.8) is 0 Å². The predicted molar refractivity (Wildman–Crippen MR) is 103 cm³/mol. The smallest absolute Gasteiger partial charge is 0.255 e. The summed E-state index contributed by atoms with van der Waals surface area (Å²) in [6.45, 7) is 2.42. The molecule has 4 heteroatoms. The number of methoxy groups -OCH3 is 1. The first kappa shape index (κ1) is 17.5. The number of rotatable bonds is 6.